The Morgan fingerprint density at radius 3 is 2.89 bits per heavy atom. The highest BCUT2D eigenvalue weighted by Crippen LogP contribution is 2.36. The number of likely N-dealkylation sites (N-methyl/N-ethyl adjacent to an activating group) is 1. The van der Waals surface area contributed by atoms with Crippen LogP contribution in [0.25, 0.3) is 11.1 Å². The lowest BCUT2D eigenvalue weighted by Crippen LogP contribution is -2.35. The lowest BCUT2D eigenvalue weighted by Gasteiger charge is -2.26. The van der Waals surface area contributed by atoms with E-state index in [0.717, 1.165) is 27.6 Å². The first-order chi connectivity index (χ1) is 8.65. The second kappa shape index (κ2) is 4.03. The van der Waals surface area contributed by atoms with Crippen molar-refractivity contribution in [3.05, 3.63) is 29.6 Å². The van der Waals surface area contributed by atoms with Crippen LogP contribution in [-0.4, -0.2) is 19.6 Å². The van der Waals surface area contributed by atoms with Gasteiger partial charge in [0.1, 0.15) is 5.75 Å². The summed E-state index contributed by atoms with van der Waals surface area (Å²) in [6, 6.07) is 7.75. The molecule has 2 N–H and O–H groups in total. The Morgan fingerprint density at radius 2 is 2.17 bits per heavy atom. The summed E-state index contributed by atoms with van der Waals surface area (Å²) in [5.74, 6) is 0.702. The number of hydrogen-bond donors (Lipinski definition) is 1. The van der Waals surface area contributed by atoms with E-state index >= 15 is 0 Å². The number of anilines is 2. The lowest BCUT2D eigenvalue weighted by atomic mass is 10.1. The zero-order valence-corrected chi connectivity index (χ0v) is 10.7. The summed E-state index contributed by atoms with van der Waals surface area (Å²) >= 11 is 1.50. The monoisotopic (exact) mass is 260 g/mol. The molecule has 3 rings (SSSR count). The van der Waals surface area contributed by atoms with E-state index in [-0.39, 0.29) is 12.5 Å². The third-order valence-corrected chi connectivity index (χ3v) is 3.76. The lowest BCUT2D eigenvalue weighted by molar-refractivity contribution is -0.120. The number of carbonyl (C=O) groups is 1. The van der Waals surface area contributed by atoms with Gasteiger partial charge in [0.2, 0.25) is 0 Å². The third-order valence-electron chi connectivity index (χ3n) is 3.00. The Labute approximate surface area is 109 Å². The predicted molar refractivity (Wildman–Crippen MR) is 73.1 cm³/mol. The molecule has 0 bridgehead atoms. The highest BCUT2D eigenvalue weighted by molar-refractivity contribution is 7.14. The summed E-state index contributed by atoms with van der Waals surface area (Å²) in [5, 5.41) is 2.78. The van der Waals surface area contributed by atoms with Gasteiger partial charge in [-0.25, -0.2) is 0 Å². The van der Waals surface area contributed by atoms with E-state index in [2.05, 4.69) is 0 Å². The van der Waals surface area contributed by atoms with E-state index in [1.54, 1.807) is 11.9 Å². The first-order valence-electron chi connectivity index (χ1n) is 5.53. The summed E-state index contributed by atoms with van der Waals surface area (Å²) in [6.07, 6.45) is 0. The van der Waals surface area contributed by atoms with E-state index in [9.17, 15) is 4.79 Å². The second-order valence-electron chi connectivity index (χ2n) is 4.16. The minimum Gasteiger partial charge on any atom is -0.482 e. The maximum absolute atomic E-state index is 11.6. The van der Waals surface area contributed by atoms with Crippen molar-refractivity contribution in [2.75, 3.05) is 24.3 Å². The van der Waals surface area contributed by atoms with Crippen LogP contribution in [0, 0.1) is 0 Å². The Bertz CT molecular complexity index is 621. The molecule has 0 unspecified atom stereocenters. The van der Waals surface area contributed by atoms with Gasteiger partial charge in [-0.05, 0) is 29.3 Å². The van der Waals surface area contributed by atoms with Crippen LogP contribution in [0.2, 0.25) is 0 Å². The van der Waals surface area contributed by atoms with Crippen LogP contribution in [-0.2, 0) is 4.79 Å². The molecule has 2 aromatic rings. The first-order valence-corrected chi connectivity index (χ1v) is 6.41. The predicted octanol–water partition coefficient (Wildman–Crippen LogP) is 2.35. The van der Waals surface area contributed by atoms with Crippen molar-refractivity contribution in [2.24, 2.45) is 0 Å². The molecule has 0 saturated carbocycles. The maximum atomic E-state index is 11.6. The molecule has 0 radical (unpaired) electrons. The summed E-state index contributed by atoms with van der Waals surface area (Å²) in [5.41, 5.74) is 8.63. The molecule has 1 aliphatic heterocycles. The number of nitrogens with zero attached hydrogens (tertiary/aromatic N) is 1. The van der Waals surface area contributed by atoms with Crippen molar-refractivity contribution < 1.29 is 9.53 Å². The molecule has 0 fully saturated rings. The summed E-state index contributed by atoms with van der Waals surface area (Å²) in [6.45, 7) is 0.105. The normalized spacial score (nSPS) is 14.3. The molecule has 4 nitrogen and oxygen atoms in total. The van der Waals surface area contributed by atoms with Crippen LogP contribution in [0.15, 0.2) is 29.6 Å². The fourth-order valence-electron chi connectivity index (χ4n) is 1.96. The number of nitrogens with two attached hydrogens (primary N) is 1. The molecule has 0 spiro atoms. The van der Waals surface area contributed by atoms with Gasteiger partial charge in [0.05, 0.1) is 10.7 Å². The van der Waals surface area contributed by atoms with Gasteiger partial charge in [0.25, 0.3) is 5.91 Å². The molecule has 5 heteroatoms. The highest BCUT2D eigenvalue weighted by atomic mass is 32.1. The van der Waals surface area contributed by atoms with Crippen LogP contribution in [0.5, 0.6) is 5.75 Å². The molecule has 1 aromatic carbocycles. The number of carbonyl (C=O) groups excluding carboxylic acids is 1. The number of amides is 1. The minimum atomic E-state index is -0.0375. The average molecular weight is 260 g/mol. The molecule has 92 valence electrons. The van der Waals surface area contributed by atoms with E-state index < -0.39 is 0 Å². The number of nitrogen functional groups attached to an aromatic ring is 1. The standard InChI is InChI=1S/C13H12N2O2S/c1-15-10-4-8(9-5-12(14)18-7-9)2-3-11(10)17-6-13(15)16/h2-5,7H,6,14H2,1H3. The van der Waals surface area contributed by atoms with E-state index in [1.165, 1.54) is 11.3 Å². The van der Waals surface area contributed by atoms with Gasteiger partial charge in [-0.3, -0.25) is 4.79 Å². The summed E-state index contributed by atoms with van der Waals surface area (Å²) < 4.78 is 5.39. The summed E-state index contributed by atoms with van der Waals surface area (Å²) in [4.78, 5) is 13.2. The maximum Gasteiger partial charge on any atom is 0.264 e. The second-order valence-corrected chi connectivity index (χ2v) is 5.10. The number of benzene rings is 1. The number of fused-ring (bicyclic) bond motifs is 1. The van der Waals surface area contributed by atoms with Gasteiger partial charge in [-0.2, -0.15) is 0 Å². The zero-order valence-electron chi connectivity index (χ0n) is 9.84. The molecule has 1 aromatic heterocycles. The Hall–Kier alpha value is -2.01. The fourth-order valence-corrected chi connectivity index (χ4v) is 2.62. The minimum absolute atomic E-state index is 0.0375. The van der Waals surface area contributed by atoms with Crippen molar-refractivity contribution in [2.45, 2.75) is 0 Å². The quantitative estimate of drug-likeness (QED) is 0.856. The number of rotatable bonds is 1. The Kier molecular flexibility index (Phi) is 2.48. The molecule has 0 aliphatic carbocycles. The van der Waals surface area contributed by atoms with Gasteiger partial charge >= 0.3 is 0 Å². The first kappa shape index (κ1) is 11.1. The van der Waals surface area contributed by atoms with Gasteiger partial charge < -0.3 is 15.4 Å². The molecule has 2 heterocycles. The fraction of sp³-hybridized carbons (Fsp3) is 0.154. The van der Waals surface area contributed by atoms with Crippen LogP contribution in [0.4, 0.5) is 10.7 Å². The van der Waals surface area contributed by atoms with E-state index in [4.69, 9.17) is 10.5 Å². The average Bonchev–Trinajstić information content (AvgIpc) is 2.80. The summed E-state index contributed by atoms with van der Waals surface area (Å²) in [7, 11) is 1.76. The van der Waals surface area contributed by atoms with Gasteiger partial charge in [-0.1, -0.05) is 6.07 Å². The van der Waals surface area contributed by atoms with Crippen LogP contribution in [0.3, 0.4) is 0 Å². The number of hydrogen-bond acceptors (Lipinski definition) is 4. The van der Waals surface area contributed by atoms with Crippen molar-refractivity contribution in [1.82, 2.24) is 0 Å². The van der Waals surface area contributed by atoms with E-state index in [1.807, 2.05) is 29.6 Å². The Balaban J connectivity index is 2.07. The Morgan fingerprint density at radius 1 is 1.33 bits per heavy atom. The molecule has 1 aliphatic rings. The zero-order chi connectivity index (χ0) is 12.7. The highest BCUT2D eigenvalue weighted by Gasteiger charge is 2.22. The van der Waals surface area contributed by atoms with E-state index in [0.29, 0.717) is 0 Å². The number of thiophene rings is 1. The molecule has 0 saturated heterocycles. The molecular formula is C13H12N2O2S. The van der Waals surface area contributed by atoms with Crippen LogP contribution < -0.4 is 15.4 Å². The van der Waals surface area contributed by atoms with Crippen LogP contribution >= 0.6 is 11.3 Å². The van der Waals surface area contributed by atoms with Gasteiger partial charge in [0, 0.05) is 12.4 Å². The SMILES string of the molecule is CN1C(=O)COc2ccc(-c3csc(N)c3)cc21. The molecule has 0 atom stereocenters. The van der Waals surface area contributed by atoms with Crippen molar-refractivity contribution in [3.63, 3.8) is 0 Å². The molecule has 1 amide bonds. The topological polar surface area (TPSA) is 55.6 Å². The van der Waals surface area contributed by atoms with Crippen molar-refractivity contribution in [3.8, 4) is 16.9 Å². The number of ether oxygens (including phenoxy) is 1. The third kappa shape index (κ3) is 1.73. The van der Waals surface area contributed by atoms with Crippen molar-refractivity contribution >= 4 is 27.9 Å². The smallest absolute Gasteiger partial charge is 0.264 e. The molecule has 18 heavy (non-hydrogen) atoms. The van der Waals surface area contributed by atoms with Crippen LogP contribution in [0.1, 0.15) is 0 Å². The largest absolute Gasteiger partial charge is 0.482 e. The molecular weight excluding hydrogens is 248 g/mol. The van der Waals surface area contributed by atoms with Gasteiger partial charge in [0.15, 0.2) is 6.61 Å². The van der Waals surface area contributed by atoms with Gasteiger partial charge in [-0.15, -0.1) is 11.3 Å². The van der Waals surface area contributed by atoms with Crippen molar-refractivity contribution in [1.29, 1.82) is 0 Å².